The first-order valence-corrected chi connectivity index (χ1v) is 10.8. The Morgan fingerprint density at radius 1 is 0.758 bits per heavy atom. The average Bonchev–Trinajstić information content (AvgIpc) is 3.31. The number of hydrogen-bond donors (Lipinski definition) is 2. The van der Waals surface area contributed by atoms with E-state index in [1.807, 2.05) is 74.5 Å². The molecule has 6 heteroatoms. The van der Waals surface area contributed by atoms with Crippen molar-refractivity contribution in [3.05, 3.63) is 101 Å². The molecule has 1 aliphatic heterocycles. The molecule has 0 saturated carbocycles. The minimum Gasteiger partial charge on any atom is -0.454 e. The van der Waals surface area contributed by atoms with Crippen LogP contribution in [0.4, 0.5) is 0 Å². The summed E-state index contributed by atoms with van der Waals surface area (Å²) in [6.45, 7) is 3.92. The maximum atomic E-state index is 13.2. The van der Waals surface area contributed by atoms with Crippen molar-refractivity contribution in [2.75, 3.05) is 6.79 Å². The van der Waals surface area contributed by atoms with Crippen LogP contribution in [0.1, 0.15) is 42.6 Å². The van der Waals surface area contributed by atoms with E-state index in [2.05, 4.69) is 10.6 Å². The van der Waals surface area contributed by atoms with E-state index in [9.17, 15) is 9.59 Å². The standard InChI is InChI=1S/C27H26N2O4/c1-18(21-9-5-3-6-10-21)28-26(30)23(15-20-13-14-24-25(16-20)33-17-32-24)27(31)29-19(2)22-11-7-4-8-12-22/h3-16,18-19H,17H2,1-2H3,(H,28,30)(H,29,31)/t18-,19-/m1/s1. The Morgan fingerprint density at radius 2 is 1.27 bits per heavy atom. The molecule has 0 fully saturated rings. The SMILES string of the molecule is C[C@@H](NC(=O)C(=Cc1ccc2c(c1)OCO2)C(=O)N[C@H](C)c1ccccc1)c1ccccc1. The van der Waals surface area contributed by atoms with Crippen LogP contribution in [0.5, 0.6) is 11.5 Å². The van der Waals surface area contributed by atoms with Gasteiger partial charge in [-0.15, -0.1) is 0 Å². The maximum Gasteiger partial charge on any atom is 0.257 e. The van der Waals surface area contributed by atoms with Gasteiger partial charge in [0, 0.05) is 0 Å². The lowest BCUT2D eigenvalue weighted by atomic mass is 10.0. The third-order valence-corrected chi connectivity index (χ3v) is 5.49. The molecule has 0 radical (unpaired) electrons. The first-order valence-electron chi connectivity index (χ1n) is 10.8. The summed E-state index contributed by atoms with van der Waals surface area (Å²) in [6, 6.07) is 24.0. The van der Waals surface area contributed by atoms with E-state index >= 15 is 0 Å². The lowest BCUT2D eigenvalue weighted by Crippen LogP contribution is -2.36. The fraction of sp³-hybridized carbons (Fsp3) is 0.185. The number of carbonyl (C=O) groups is 2. The molecule has 0 spiro atoms. The number of fused-ring (bicyclic) bond motifs is 1. The van der Waals surface area contributed by atoms with Crippen LogP contribution in [-0.2, 0) is 9.59 Å². The maximum absolute atomic E-state index is 13.2. The number of nitrogens with one attached hydrogen (secondary N) is 2. The summed E-state index contributed by atoms with van der Waals surface area (Å²) in [5.41, 5.74) is 2.58. The molecule has 0 aliphatic carbocycles. The van der Waals surface area contributed by atoms with Crippen LogP contribution in [0, 0.1) is 0 Å². The topological polar surface area (TPSA) is 76.7 Å². The van der Waals surface area contributed by atoms with Crippen LogP contribution < -0.4 is 20.1 Å². The average molecular weight is 443 g/mol. The van der Waals surface area contributed by atoms with Gasteiger partial charge in [0.05, 0.1) is 12.1 Å². The summed E-state index contributed by atoms with van der Waals surface area (Å²) >= 11 is 0. The van der Waals surface area contributed by atoms with Crippen molar-refractivity contribution in [2.45, 2.75) is 25.9 Å². The van der Waals surface area contributed by atoms with E-state index in [-0.39, 0.29) is 24.4 Å². The van der Waals surface area contributed by atoms with Crippen molar-refractivity contribution in [3.8, 4) is 11.5 Å². The fourth-order valence-corrected chi connectivity index (χ4v) is 3.60. The van der Waals surface area contributed by atoms with Crippen molar-refractivity contribution in [3.63, 3.8) is 0 Å². The highest BCUT2D eigenvalue weighted by Gasteiger charge is 2.23. The molecule has 0 unspecified atom stereocenters. The zero-order valence-electron chi connectivity index (χ0n) is 18.6. The van der Waals surface area contributed by atoms with E-state index in [0.29, 0.717) is 17.1 Å². The molecule has 2 amide bonds. The minimum atomic E-state index is -0.457. The lowest BCUT2D eigenvalue weighted by molar-refractivity contribution is -0.124. The number of benzene rings is 3. The van der Waals surface area contributed by atoms with Crippen LogP contribution in [0.3, 0.4) is 0 Å². The summed E-state index contributed by atoms with van der Waals surface area (Å²) < 4.78 is 10.8. The first-order chi connectivity index (χ1) is 16.0. The molecule has 0 aromatic heterocycles. The Morgan fingerprint density at radius 3 is 1.82 bits per heavy atom. The molecule has 168 valence electrons. The van der Waals surface area contributed by atoms with Gasteiger partial charge in [-0.05, 0) is 48.7 Å². The molecule has 4 rings (SSSR count). The Labute approximate surface area is 193 Å². The van der Waals surface area contributed by atoms with Gasteiger partial charge >= 0.3 is 0 Å². The Kier molecular flexibility index (Phi) is 6.74. The lowest BCUT2D eigenvalue weighted by Gasteiger charge is -2.18. The number of rotatable bonds is 7. The third kappa shape index (κ3) is 5.41. The summed E-state index contributed by atoms with van der Waals surface area (Å²) in [7, 11) is 0. The Bertz CT molecular complexity index is 1100. The fourth-order valence-electron chi connectivity index (χ4n) is 3.60. The van der Waals surface area contributed by atoms with Crippen molar-refractivity contribution >= 4 is 17.9 Å². The van der Waals surface area contributed by atoms with Crippen LogP contribution in [0.15, 0.2) is 84.4 Å². The Hall–Kier alpha value is -4.06. The molecule has 2 atom stereocenters. The second-order valence-electron chi connectivity index (χ2n) is 7.88. The molecule has 2 N–H and O–H groups in total. The van der Waals surface area contributed by atoms with Gasteiger partial charge < -0.3 is 20.1 Å². The molecule has 3 aromatic rings. The van der Waals surface area contributed by atoms with Gasteiger partial charge in [-0.2, -0.15) is 0 Å². The number of carbonyl (C=O) groups excluding carboxylic acids is 2. The second-order valence-corrected chi connectivity index (χ2v) is 7.88. The number of amides is 2. The van der Waals surface area contributed by atoms with Crippen molar-refractivity contribution in [2.24, 2.45) is 0 Å². The van der Waals surface area contributed by atoms with E-state index in [4.69, 9.17) is 9.47 Å². The van der Waals surface area contributed by atoms with Crippen LogP contribution in [0.2, 0.25) is 0 Å². The van der Waals surface area contributed by atoms with Crippen LogP contribution in [0.25, 0.3) is 6.08 Å². The summed E-state index contributed by atoms with van der Waals surface area (Å²) in [6.07, 6.45) is 1.57. The quantitative estimate of drug-likeness (QED) is 0.320. The minimum absolute atomic E-state index is 0.0134. The molecule has 0 saturated heterocycles. The van der Waals surface area contributed by atoms with Crippen molar-refractivity contribution < 1.29 is 19.1 Å². The molecular formula is C27H26N2O4. The van der Waals surface area contributed by atoms with E-state index in [1.165, 1.54) is 0 Å². The summed E-state index contributed by atoms with van der Waals surface area (Å²) in [5, 5.41) is 5.88. The molecule has 6 nitrogen and oxygen atoms in total. The van der Waals surface area contributed by atoms with Gasteiger partial charge in [-0.25, -0.2) is 0 Å². The van der Waals surface area contributed by atoms with Gasteiger partial charge in [-0.3, -0.25) is 9.59 Å². The third-order valence-electron chi connectivity index (χ3n) is 5.49. The van der Waals surface area contributed by atoms with Gasteiger partial charge in [0.25, 0.3) is 11.8 Å². The van der Waals surface area contributed by atoms with Gasteiger partial charge in [0.15, 0.2) is 11.5 Å². The zero-order chi connectivity index (χ0) is 23.2. The largest absolute Gasteiger partial charge is 0.454 e. The monoisotopic (exact) mass is 442 g/mol. The van der Waals surface area contributed by atoms with Crippen molar-refractivity contribution in [1.29, 1.82) is 0 Å². The van der Waals surface area contributed by atoms with Crippen LogP contribution in [-0.4, -0.2) is 18.6 Å². The van der Waals surface area contributed by atoms with Gasteiger partial charge in [0.1, 0.15) is 5.57 Å². The summed E-state index contributed by atoms with van der Waals surface area (Å²) in [4.78, 5) is 26.5. The second kappa shape index (κ2) is 10.0. The molecular weight excluding hydrogens is 416 g/mol. The Balaban J connectivity index is 1.59. The smallest absolute Gasteiger partial charge is 0.257 e. The highest BCUT2D eigenvalue weighted by molar-refractivity contribution is 6.21. The molecule has 0 bridgehead atoms. The molecule has 1 aliphatic rings. The summed E-state index contributed by atoms with van der Waals surface area (Å²) in [5.74, 6) is 0.306. The van der Waals surface area contributed by atoms with Crippen LogP contribution >= 0.6 is 0 Å². The first kappa shape index (κ1) is 22.1. The van der Waals surface area contributed by atoms with E-state index in [0.717, 1.165) is 11.1 Å². The molecule has 1 heterocycles. The molecule has 3 aromatic carbocycles. The highest BCUT2D eigenvalue weighted by atomic mass is 16.7. The molecule has 33 heavy (non-hydrogen) atoms. The van der Waals surface area contributed by atoms with Gasteiger partial charge in [-0.1, -0.05) is 66.7 Å². The van der Waals surface area contributed by atoms with E-state index in [1.54, 1.807) is 24.3 Å². The number of ether oxygens (including phenoxy) is 2. The normalized spacial score (nSPS) is 13.5. The predicted molar refractivity (Wildman–Crippen MR) is 127 cm³/mol. The highest BCUT2D eigenvalue weighted by Crippen LogP contribution is 2.33. The van der Waals surface area contributed by atoms with Crippen molar-refractivity contribution in [1.82, 2.24) is 10.6 Å². The zero-order valence-corrected chi connectivity index (χ0v) is 18.6. The van der Waals surface area contributed by atoms with E-state index < -0.39 is 11.8 Å². The van der Waals surface area contributed by atoms with Gasteiger partial charge in [0.2, 0.25) is 6.79 Å². The predicted octanol–water partition coefficient (Wildman–Crippen LogP) is 4.55. The number of hydrogen-bond acceptors (Lipinski definition) is 4.